The van der Waals surface area contributed by atoms with Crippen LogP contribution in [0.2, 0.25) is 6.55 Å². The van der Waals surface area contributed by atoms with E-state index < -0.39 is 8.07 Å². The van der Waals surface area contributed by atoms with Crippen LogP contribution >= 0.6 is 0 Å². The largest absolute Gasteiger partial charge is 1.00 e. The maximum absolute atomic E-state index is 6.22. The van der Waals surface area contributed by atoms with Crippen molar-refractivity contribution in [3.05, 3.63) is 30.3 Å². The molecule has 2 nitrogen and oxygen atoms in total. The molecule has 2 atom stereocenters. The van der Waals surface area contributed by atoms with Crippen LogP contribution in [0.5, 0.6) is 0 Å². The van der Waals surface area contributed by atoms with Gasteiger partial charge in [0, 0.05) is 21.7 Å². The molecule has 2 rings (SSSR count). The Morgan fingerprint density at radius 3 is 2.65 bits per heavy atom. The standard InChI is InChI=1S/C13H23NOSi2/c1-17(11-14,12-7-3-2-4-8-12)13(16)9-5-6-10-15-13/h2-4,7-8H,5-6,9-11,14H2,1,16H3/p+1. The van der Waals surface area contributed by atoms with Crippen molar-refractivity contribution in [2.24, 2.45) is 5.73 Å². The van der Waals surface area contributed by atoms with Gasteiger partial charge in [-0.25, -0.2) is 0 Å². The second-order valence-electron chi connectivity index (χ2n) is 5.44. The van der Waals surface area contributed by atoms with Gasteiger partial charge in [-0.1, -0.05) is 42.1 Å². The van der Waals surface area contributed by atoms with Crippen LogP contribution in [0.25, 0.3) is 0 Å². The molecule has 94 valence electrons. The highest BCUT2D eigenvalue weighted by Gasteiger charge is 2.48. The van der Waals surface area contributed by atoms with E-state index in [0.717, 1.165) is 23.0 Å². The van der Waals surface area contributed by atoms with E-state index in [9.17, 15) is 0 Å². The Labute approximate surface area is 109 Å². The Bertz CT molecular complexity index is 371. The highest BCUT2D eigenvalue weighted by Crippen LogP contribution is 2.30. The molecule has 1 aromatic carbocycles. The maximum atomic E-state index is 6.22. The molecule has 0 aliphatic carbocycles. The van der Waals surface area contributed by atoms with Crippen LogP contribution < -0.4 is 10.9 Å². The predicted octanol–water partition coefficient (Wildman–Crippen LogP) is 0.384. The molecule has 2 N–H and O–H groups in total. The molecule has 0 saturated carbocycles. The molecule has 1 fully saturated rings. The van der Waals surface area contributed by atoms with Gasteiger partial charge >= 0.3 is 1.43 Å². The Hall–Kier alpha value is -0.426. The molecule has 2 unspecified atom stereocenters. The second-order valence-corrected chi connectivity index (χ2v) is 12.8. The molecule has 0 spiro atoms. The molecular weight excluding hydrogens is 242 g/mol. The predicted molar refractivity (Wildman–Crippen MR) is 80.3 cm³/mol. The summed E-state index contributed by atoms with van der Waals surface area (Å²) in [4.78, 5) is 0.140. The fourth-order valence-electron chi connectivity index (χ4n) is 2.81. The number of ether oxygens (including phenoxy) is 1. The lowest BCUT2D eigenvalue weighted by Crippen LogP contribution is -2.70. The van der Waals surface area contributed by atoms with Gasteiger partial charge in [0.05, 0.1) is 0 Å². The summed E-state index contributed by atoms with van der Waals surface area (Å²) in [6, 6.07) is 10.8. The second kappa shape index (κ2) is 5.06. The van der Waals surface area contributed by atoms with E-state index in [4.69, 9.17) is 10.5 Å². The van der Waals surface area contributed by atoms with E-state index in [1.807, 2.05) is 0 Å². The molecule has 1 aliphatic heterocycles. The summed E-state index contributed by atoms with van der Waals surface area (Å²) < 4.78 is 6.22. The van der Waals surface area contributed by atoms with Crippen molar-refractivity contribution in [2.45, 2.75) is 30.7 Å². The van der Waals surface area contributed by atoms with Gasteiger partial charge in [-0.05, 0) is 25.4 Å². The highest BCUT2D eigenvalue weighted by molar-refractivity contribution is 6.97. The van der Waals surface area contributed by atoms with Gasteiger partial charge in [-0.2, -0.15) is 0 Å². The van der Waals surface area contributed by atoms with Gasteiger partial charge in [0.1, 0.15) is 8.07 Å². The first-order valence-corrected chi connectivity index (χ1v) is 10.2. The van der Waals surface area contributed by atoms with Crippen LogP contribution in [0, 0.1) is 0 Å². The molecule has 0 bridgehead atoms. The van der Waals surface area contributed by atoms with E-state index in [0.29, 0.717) is 0 Å². The quantitative estimate of drug-likeness (QED) is 0.803. The van der Waals surface area contributed by atoms with Crippen molar-refractivity contribution in [1.29, 1.82) is 0 Å². The molecule has 0 amide bonds. The van der Waals surface area contributed by atoms with Gasteiger partial charge in [0.15, 0.2) is 0 Å². The Morgan fingerprint density at radius 1 is 1.41 bits per heavy atom. The molecule has 0 aromatic heterocycles. The average Bonchev–Trinajstić information content (AvgIpc) is 2.39. The number of hydrogen-bond donors (Lipinski definition) is 1. The molecule has 1 aromatic rings. The minimum atomic E-state index is -1.71. The zero-order valence-corrected chi connectivity index (χ0v) is 13.9. The summed E-state index contributed by atoms with van der Waals surface area (Å²) in [5.74, 6) is 0. The third kappa shape index (κ3) is 2.27. The van der Waals surface area contributed by atoms with Crippen molar-refractivity contribution < 1.29 is 6.16 Å². The van der Waals surface area contributed by atoms with E-state index in [2.05, 4.69) is 36.9 Å². The Balaban J connectivity index is 0.00000162. The summed E-state index contributed by atoms with van der Waals surface area (Å²) >= 11 is 0. The topological polar surface area (TPSA) is 35.2 Å². The first kappa shape index (κ1) is 13.0. The lowest BCUT2D eigenvalue weighted by molar-refractivity contribution is 0.0309. The molecular formula is C13H24NOSi2+. The smallest absolute Gasteiger partial charge is 0.382 e. The molecule has 1 saturated heterocycles. The van der Waals surface area contributed by atoms with Crippen LogP contribution in [-0.4, -0.2) is 35.9 Å². The van der Waals surface area contributed by atoms with Gasteiger partial charge in [-0.15, -0.1) is 0 Å². The summed E-state index contributed by atoms with van der Waals surface area (Å²) in [6.07, 6.45) is 4.53. The first-order chi connectivity index (χ1) is 8.12. The van der Waals surface area contributed by atoms with Crippen molar-refractivity contribution in [2.75, 3.05) is 12.8 Å². The van der Waals surface area contributed by atoms with Gasteiger partial charge in [0.25, 0.3) is 0 Å². The third-order valence-corrected chi connectivity index (χ3v) is 13.7. The molecule has 0 radical (unpaired) electrons. The lowest BCUT2D eigenvalue weighted by Gasteiger charge is -2.47. The summed E-state index contributed by atoms with van der Waals surface area (Å²) in [7, 11) is -0.614. The average molecular weight is 267 g/mol. The minimum absolute atomic E-state index is 0. The molecule has 1 aliphatic rings. The Morgan fingerprint density at radius 2 is 2.12 bits per heavy atom. The zero-order chi connectivity index (χ0) is 12.4. The number of benzene rings is 1. The van der Waals surface area contributed by atoms with Crippen molar-refractivity contribution >= 4 is 23.5 Å². The zero-order valence-electron chi connectivity index (χ0n) is 11.9. The van der Waals surface area contributed by atoms with Crippen LogP contribution in [0.1, 0.15) is 20.7 Å². The van der Waals surface area contributed by atoms with Crippen LogP contribution in [-0.2, 0) is 4.74 Å². The van der Waals surface area contributed by atoms with E-state index in [1.54, 1.807) is 0 Å². The first-order valence-electron chi connectivity index (χ1n) is 6.52. The lowest BCUT2D eigenvalue weighted by atomic mass is 10.2. The van der Waals surface area contributed by atoms with Crippen LogP contribution in [0.3, 0.4) is 0 Å². The summed E-state index contributed by atoms with van der Waals surface area (Å²) in [6.45, 7) is 3.33. The molecule has 1 heterocycles. The van der Waals surface area contributed by atoms with Gasteiger partial charge in [0.2, 0.25) is 0 Å². The summed E-state index contributed by atoms with van der Waals surface area (Å²) in [5, 5.41) is 1.46. The normalized spacial score (nSPS) is 28.8. The van der Waals surface area contributed by atoms with Crippen LogP contribution in [0.15, 0.2) is 30.3 Å². The molecule has 4 heteroatoms. The third-order valence-electron chi connectivity index (χ3n) is 4.46. The number of nitrogens with two attached hydrogens (primary N) is 1. The van der Waals surface area contributed by atoms with Crippen molar-refractivity contribution in [1.82, 2.24) is 0 Å². The Kier molecular flexibility index (Phi) is 3.87. The van der Waals surface area contributed by atoms with E-state index >= 15 is 0 Å². The number of hydrogen-bond acceptors (Lipinski definition) is 2. The van der Waals surface area contributed by atoms with Crippen LogP contribution in [0.4, 0.5) is 0 Å². The van der Waals surface area contributed by atoms with Gasteiger partial charge < -0.3 is 10.5 Å². The van der Waals surface area contributed by atoms with Crippen molar-refractivity contribution in [3.63, 3.8) is 0 Å². The summed E-state index contributed by atoms with van der Waals surface area (Å²) in [5.41, 5.74) is 6.16. The fourth-order valence-corrected chi connectivity index (χ4v) is 8.21. The van der Waals surface area contributed by atoms with Gasteiger partial charge in [-0.3, -0.25) is 0 Å². The number of rotatable bonds is 3. The minimum Gasteiger partial charge on any atom is -0.382 e. The SMILES string of the molecule is C[Si](CN)(c1ccccc1)C1([SiH3])CCCCO1.[H+]. The molecule has 17 heavy (non-hydrogen) atoms. The monoisotopic (exact) mass is 266 g/mol. The fraction of sp³-hybridized carbons (Fsp3) is 0.538. The highest BCUT2D eigenvalue weighted by atomic mass is 28.4. The maximum Gasteiger partial charge on any atom is 1.00 e. The van der Waals surface area contributed by atoms with E-state index in [-0.39, 0.29) is 6.27 Å². The van der Waals surface area contributed by atoms with Crippen molar-refractivity contribution in [3.8, 4) is 0 Å². The van der Waals surface area contributed by atoms with E-state index in [1.165, 1.54) is 24.4 Å².